The molecule has 0 bridgehead atoms. The number of nitrogens with two attached hydrogens (primary N) is 1. The van der Waals surface area contributed by atoms with Gasteiger partial charge < -0.3 is 0 Å². The molecule has 1 heterocycles. The number of nitrogens with zero attached hydrogens (tertiary/aromatic N) is 1. The molecule has 0 radical (unpaired) electrons. The number of hydrogen-bond donors (Lipinski definition) is 2. The number of imidazole rings is 1. The number of nitrogens with one attached hydrogen (secondary N) is 1. The zero-order valence-electron chi connectivity index (χ0n) is 9.76. The number of aromatic nitrogens is 2. The molecule has 1 aromatic heterocycles. The molecule has 0 amide bonds. The van der Waals surface area contributed by atoms with Gasteiger partial charge in [0, 0.05) is 0 Å². The van der Waals surface area contributed by atoms with Gasteiger partial charge in [-0.15, -0.1) is 0 Å². The van der Waals surface area contributed by atoms with Crippen molar-refractivity contribution in [2.24, 2.45) is 7.05 Å². The molecule has 2 aromatic rings. The van der Waals surface area contributed by atoms with Crippen LogP contribution < -0.4 is 10.3 Å². The largest absolute Gasteiger partial charge is 0.353 e. The lowest BCUT2D eigenvalue weighted by Gasteiger charge is -2.18. The summed E-state index contributed by atoms with van der Waals surface area (Å²) in [4.78, 5) is 3.18. The highest BCUT2D eigenvalue weighted by Crippen LogP contribution is 2.24. The molecule has 3 N–H and O–H groups in total. The van der Waals surface area contributed by atoms with E-state index in [1.165, 1.54) is 5.56 Å². The summed E-state index contributed by atoms with van der Waals surface area (Å²) in [6.07, 6.45) is 0. The van der Waals surface area contributed by atoms with Gasteiger partial charge in [0.1, 0.15) is 11.0 Å². The lowest BCUT2D eigenvalue weighted by Crippen LogP contribution is -2.30. The third-order valence-corrected chi connectivity index (χ3v) is 2.85. The van der Waals surface area contributed by atoms with E-state index >= 15 is 0 Å². The van der Waals surface area contributed by atoms with Gasteiger partial charge in [-0.05, 0) is 23.1 Å². The minimum Gasteiger partial charge on any atom is -0.290 e. The number of nitrogen functional groups attached to an aromatic ring is 1. The molecule has 2 rings (SSSR count). The average Bonchev–Trinajstić information content (AvgIpc) is 2.41. The second-order valence-corrected chi connectivity index (χ2v) is 5.05. The number of aryl methyl sites for hydroxylation is 1. The van der Waals surface area contributed by atoms with Gasteiger partial charge in [-0.2, -0.15) is 0 Å². The average molecular weight is 204 g/mol. The maximum atomic E-state index is 5.82. The van der Waals surface area contributed by atoms with Crippen molar-refractivity contribution in [3.05, 3.63) is 23.8 Å². The van der Waals surface area contributed by atoms with E-state index in [9.17, 15) is 0 Å². The van der Waals surface area contributed by atoms with Crippen LogP contribution in [0, 0.1) is 0 Å². The van der Waals surface area contributed by atoms with Gasteiger partial charge in [0.25, 0.3) is 0 Å². The first-order chi connectivity index (χ1) is 6.89. The number of rotatable bonds is 0. The van der Waals surface area contributed by atoms with Crippen molar-refractivity contribution in [3.8, 4) is 0 Å². The highest BCUT2D eigenvalue weighted by molar-refractivity contribution is 5.74. The highest BCUT2D eigenvalue weighted by Gasteiger charge is 2.17. The molecule has 3 heteroatoms. The van der Waals surface area contributed by atoms with Crippen LogP contribution in [0.3, 0.4) is 0 Å². The van der Waals surface area contributed by atoms with Crippen LogP contribution in [-0.2, 0) is 12.5 Å². The van der Waals surface area contributed by atoms with E-state index < -0.39 is 0 Å². The Labute approximate surface area is 89.9 Å². The molecule has 80 valence electrons. The number of benzene rings is 1. The quantitative estimate of drug-likeness (QED) is 0.632. The van der Waals surface area contributed by atoms with Gasteiger partial charge in [-0.3, -0.25) is 5.73 Å². The van der Waals surface area contributed by atoms with E-state index in [1.54, 1.807) is 0 Å². The summed E-state index contributed by atoms with van der Waals surface area (Å²) in [7, 11) is 1.96. The Balaban J connectivity index is 2.67. The van der Waals surface area contributed by atoms with Crippen LogP contribution in [0.1, 0.15) is 26.3 Å². The second kappa shape index (κ2) is 2.99. The van der Waals surface area contributed by atoms with Crippen molar-refractivity contribution in [2.75, 3.05) is 5.73 Å². The lowest BCUT2D eigenvalue weighted by molar-refractivity contribution is -0.629. The molecule has 0 aliphatic carbocycles. The summed E-state index contributed by atoms with van der Waals surface area (Å²) in [6, 6.07) is 6.45. The summed E-state index contributed by atoms with van der Waals surface area (Å²) >= 11 is 0. The molecule has 0 unspecified atom stereocenters. The van der Waals surface area contributed by atoms with E-state index in [-0.39, 0.29) is 5.41 Å². The molecule has 0 atom stereocenters. The molecular formula is C12H18N3+. The Bertz CT molecular complexity index is 503. The number of hydrogen-bond acceptors (Lipinski definition) is 1. The Hall–Kier alpha value is -1.51. The van der Waals surface area contributed by atoms with Gasteiger partial charge in [-0.1, -0.05) is 26.8 Å². The van der Waals surface area contributed by atoms with Crippen molar-refractivity contribution in [3.63, 3.8) is 0 Å². The number of fused-ring (bicyclic) bond motifs is 1. The van der Waals surface area contributed by atoms with Gasteiger partial charge in [0.05, 0.1) is 7.05 Å². The van der Waals surface area contributed by atoms with Crippen molar-refractivity contribution in [1.82, 2.24) is 4.98 Å². The smallest absolute Gasteiger partial charge is 0.290 e. The summed E-state index contributed by atoms with van der Waals surface area (Å²) in [5.74, 6) is 0.691. The first kappa shape index (κ1) is 10.0. The maximum absolute atomic E-state index is 5.82. The Morgan fingerprint density at radius 1 is 1.27 bits per heavy atom. The Morgan fingerprint density at radius 3 is 2.53 bits per heavy atom. The van der Waals surface area contributed by atoms with Crippen LogP contribution in [-0.4, -0.2) is 4.98 Å². The molecule has 0 fully saturated rings. The molecule has 0 aliphatic rings. The molecule has 0 spiro atoms. The van der Waals surface area contributed by atoms with E-state index in [2.05, 4.69) is 44.0 Å². The van der Waals surface area contributed by atoms with Crippen molar-refractivity contribution >= 4 is 17.0 Å². The maximum Gasteiger partial charge on any atom is 0.353 e. The molecule has 0 aliphatic heterocycles. The van der Waals surface area contributed by atoms with E-state index in [1.807, 2.05) is 11.6 Å². The zero-order valence-corrected chi connectivity index (χ0v) is 9.76. The summed E-state index contributed by atoms with van der Waals surface area (Å²) in [5, 5.41) is 0. The van der Waals surface area contributed by atoms with Crippen LogP contribution >= 0.6 is 0 Å². The monoisotopic (exact) mass is 204 g/mol. The first-order valence-corrected chi connectivity index (χ1v) is 5.17. The fourth-order valence-corrected chi connectivity index (χ4v) is 1.75. The summed E-state index contributed by atoms with van der Waals surface area (Å²) in [6.45, 7) is 6.63. The second-order valence-electron chi connectivity index (χ2n) is 5.05. The van der Waals surface area contributed by atoms with Crippen LogP contribution in [0.5, 0.6) is 0 Å². The minimum atomic E-state index is 0.173. The van der Waals surface area contributed by atoms with Gasteiger partial charge >= 0.3 is 5.95 Å². The van der Waals surface area contributed by atoms with Crippen molar-refractivity contribution in [1.29, 1.82) is 0 Å². The fraction of sp³-hybridized carbons (Fsp3) is 0.417. The van der Waals surface area contributed by atoms with Gasteiger partial charge in [-0.25, -0.2) is 9.55 Å². The molecule has 1 aromatic carbocycles. The van der Waals surface area contributed by atoms with Crippen LogP contribution in [0.2, 0.25) is 0 Å². The fourth-order valence-electron chi connectivity index (χ4n) is 1.75. The number of anilines is 1. The summed E-state index contributed by atoms with van der Waals surface area (Å²) < 4.78 is 1.96. The van der Waals surface area contributed by atoms with Gasteiger partial charge in [0.2, 0.25) is 0 Å². The standard InChI is InChI=1S/C12H17N3/c1-12(2,3)8-5-6-10-9(7-8)14-11(13)15(10)4/h5-7H,1-4H3,(H2,13,14)/p+1. The molecule has 0 saturated carbocycles. The van der Waals surface area contributed by atoms with Crippen LogP contribution in [0.25, 0.3) is 11.0 Å². The third kappa shape index (κ3) is 1.58. The molecule has 15 heavy (non-hydrogen) atoms. The normalized spacial score (nSPS) is 12.3. The molecular weight excluding hydrogens is 186 g/mol. The zero-order chi connectivity index (χ0) is 11.2. The van der Waals surface area contributed by atoms with Crippen LogP contribution in [0.4, 0.5) is 5.95 Å². The Kier molecular flexibility index (Phi) is 2.00. The van der Waals surface area contributed by atoms with Crippen molar-refractivity contribution in [2.45, 2.75) is 26.2 Å². The SMILES string of the molecule is C[n+]1c(N)[nH]c2cc(C(C)(C)C)ccc21. The van der Waals surface area contributed by atoms with Crippen LogP contribution in [0.15, 0.2) is 18.2 Å². The van der Waals surface area contributed by atoms with E-state index in [0.29, 0.717) is 5.95 Å². The van der Waals surface area contributed by atoms with Crippen molar-refractivity contribution < 1.29 is 4.57 Å². The predicted molar refractivity (Wildman–Crippen MR) is 62.6 cm³/mol. The summed E-state index contributed by atoms with van der Waals surface area (Å²) in [5.41, 5.74) is 9.55. The highest BCUT2D eigenvalue weighted by atomic mass is 15.1. The lowest BCUT2D eigenvalue weighted by atomic mass is 9.87. The minimum absolute atomic E-state index is 0.173. The Morgan fingerprint density at radius 2 is 1.93 bits per heavy atom. The molecule has 3 nitrogen and oxygen atoms in total. The number of aromatic amines is 1. The van der Waals surface area contributed by atoms with Gasteiger partial charge in [0.15, 0.2) is 0 Å². The predicted octanol–water partition coefficient (Wildman–Crippen LogP) is 1.87. The molecule has 0 saturated heterocycles. The first-order valence-electron chi connectivity index (χ1n) is 5.17. The topological polar surface area (TPSA) is 45.7 Å². The van der Waals surface area contributed by atoms with E-state index in [0.717, 1.165) is 11.0 Å². The third-order valence-electron chi connectivity index (χ3n) is 2.85. The van der Waals surface area contributed by atoms with E-state index in [4.69, 9.17) is 5.73 Å². The number of H-pyrrole nitrogens is 1.